The lowest BCUT2D eigenvalue weighted by atomic mass is 10.0. The Bertz CT molecular complexity index is 688. The quantitative estimate of drug-likeness (QED) is 0.218. The van der Waals surface area contributed by atoms with Crippen molar-refractivity contribution in [2.75, 3.05) is 6.61 Å². The van der Waals surface area contributed by atoms with Gasteiger partial charge < -0.3 is 13.9 Å². The van der Waals surface area contributed by atoms with Gasteiger partial charge in [0.15, 0.2) is 6.10 Å². The number of alkyl halides is 1. The molecule has 1 aromatic heterocycles. The molecule has 0 aromatic carbocycles. The van der Waals surface area contributed by atoms with Gasteiger partial charge >= 0.3 is 12.1 Å². The zero-order chi connectivity index (χ0) is 20.7. The van der Waals surface area contributed by atoms with E-state index in [1.807, 2.05) is 6.07 Å². The number of carbonyl (C=O) groups excluding carboxylic acids is 3. The van der Waals surface area contributed by atoms with E-state index < -0.39 is 34.9 Å². The van der Waals surface area contributed by atoms with Crippen molar-refractivity contribution in [3.8, 4) is 0 Å². The summed E-state index contributed by atoms with van der Waals surface area (Å²) >= 11 is 3.25. The molecule has 28 heavy (non-hydrogen) atoms. The Morgan fingerprint density at radius 2 is 2.00 bits per heavy atom. The fourth-order valence-electron chi connectivity index (χ4n) is 3.15. The lowest BCUT2D eigenvalue weighted by Gasteiger charge is -2.25. The number of aryl methyl sites for hydroxylation is 1. The Morgan fingerprint density at radius 3 is 2.61 bits per heavy atom. The Kier molecular flexibility index (Phi) is 8.54. The van der Waals surface area contributed by atoms with E-state index in [0.29, 0.717) is 5.76 Å². The van der Waals surface area contributed by atoms with Crippen LogP contribution in [0.4, 0.5) is 4.79 Å². The van der Waals surface area contributed by atoms with Crippen LogP contribution in [0.5, 0.6) is 0 Å². The van der Waals surface area contributed by atoms with E-state index in [0.717, 1.165) is 29.9 Å². The van der Waals surface area contributed by atoms with Gasteiger partial charge in [0.2, 0.25) is 5.91 Å². The van der Waals surface area contributed by atoms with Crippen molar-refractivity contribution in [1.82, 2.24) is 4.90 Å². The fraction of sp³-hybridized carbons (Fsp3) is 0.650. The van der Waals surface area contributed by atoms with E-state index in [4.69, 9.17) is 13.9 Å². The van der Waals surface area contributed by atoms with Crippen molar-refractivity contribution < 1.29 is 28.3 Å². The molecule has 7 nitrogen and oxygen atoms in total. The maximum Gasteiger partial charge on any atom is 0.417 e. The van der Waals surface area contributed by atoms with Crippen molar-refractivity contribution >= 4 is 33.9 Å². The summed E-state index contributed by atoms with van der Waals surface area (Å²) in [5.74, 6) is -0.631. The summed E-state index contributed by atoms with van der Waals surface area (Å²) in [7, 11) is 0. The number of esters is 1. The van der Waals surface area contributed by atoms with Crippen LogP contribution in [0.2, 0.25) is 0 Å². The van der Waals surface area contributed by atoms with Gasteiger partial charge in [-0.2, -0.15) is 0 Å². The summed E-state index contributed by atoms with van der Waals surface area (Å²) in [5.41, 5.74) is 0. The molecule has 0 N–H and O–H groups in total. The number of hydrogen-bond donors (Lipinski definition) is 0. The van der Waals surface area contributed by atoms with Crippen LogP contribution in [0.1, 0.15) is 70.5 Å². The van der Waals surface area contributed by atoms with Crippen molar-refractivity contribution in [2.24, 2.45) is 5.92 Å². The number of ether oxygens (including phenoxy) is 2. The van der Waals surface area contributed by atoms with E-state index >= 15 is 0 Å². The molecule has 0 bridgehead atoms. The number of hydrogen-bond acceptors (Lipinski definition) is 6. The van der Waals surface area contributed by atoms with Crippen LogP contribution in [0.15, 0.2) is 16.5 Å². The smallest absolute Gasteiger partial charge is 0.417 e. The monoisotopic (exact) mass is 457 g/mol. The summed E-state index contributed by atoms with van der Waals surface area (Å²) < 4.78 is 16.1. The molecule has 0 unspecified atom stereocenters. The molecule has 1 aromatic rings. The SMILES string of the molecule is CCCCCCCc1ccc([C@@H](OC(C)=O)[C@H](C)C(=O)N2C(=O)OC[C@@H]2Br)o1. The van der Waals surface area contributed by atoms with Gasteiger partial charge in [-0.05, 0) is 25.5 Å². The van der Waals surface area contributed by atoms with Crippen LogP contribution in [-0.4, -0.2) is 34.4 Å². The fourth-order valence-corrected chi connectivity index (χ4v) is 3.65. The summed E-state index contributed by atoms with van der Waals surface area (Å²) in [6.45, 7) is 5.14. The van der Waals surface area contributed by atoms with Gasteiger partial charge in [0, 0.05) is 13.3 Å². The first-order valence-corrected chi connectivity index (χ1v) is 10.7. The van der Waals surface area contributed by atoms with Crippen LogP contribution >= 0.6 is 15.9 Å². The van der Waals surface area contributed by atoms with Crippen molar-refractivity contribution in [3.05, 3.63) is 23.7 Å². The lowest BCUT2D eigenvalue weighted by molar-refractivity contribution is -0.154. The minimum atomic E-state index is -0.910. The molecule has 3 atom stereocenters. The molecular formula is C20H28BrNO6. The van der Waals surface area contributed by atoms with Gasteiger partial charge in [-0.15, -0.1) is 0 Å². The molecule has 2 rings (SSSR count). The first kappa shape index (κ1) is 22.5. The predicted octanol–water partition coefficient (Wildman–Crippen LogP) is 4.73. The third-order valence-electron chi connectivity index (χ3n) is 4.68. The van der Waals surface area contributed by atoms with E-state index in [-0.39, 0.29) is 6.61 Å². The largest absolute Gasteiger partial charge is 0.462 e. The first-order chi connectivity index (χ1) is 13.3. The number of nitrogens with zero attached hydrogens (tertiary/aromatic N) is 1. The third-order valence-corrected chi connectivity index (χ3v) is 5.36. The molecule has 0 spiro atoms. The average molecular weight is 458 g/mol. The third kappa shape index (κ3) is 5.83. The highest BCUT2D eigenvalue weighted by atomic mass is 79.9. The van der Waals surface area contributed by atoms with Crippen LogP contribution in [-0.2, 0) is 25.5 Å². The number of cyclic esters (lactones) is 1. The van der Waals surface area contributed by atoms with Gasteiger partial charge in [-0.25, -0.2) is 9.69 Å². The Hall–Kier alpha value is -1.83. The Balaban J connectivity index is 2.07. The van der Waals surface area contributed by atoms with E-state index in [1.165, 1.54) is 26.2 Å². The molecule has 1 saturated heterocycles. The number of rotatable bonds is 10. The lowest BCUT2D eigenvalue weighted by Crippen LogP contribution is -2.41. The van der Waals surface area contributed by atoms with Crippen LogP contribution in [0.25, 0.3) is 0 Å². The highest BCUT2D eigenvalue weighted by Crippen LogP contribution is 2.32. The molecule has 0 radical (unpaired) electrons. The highest BCUT2D eigenvalue weighted by molar-refractivity contribution is 9.09. The number of furan rings is 1. The predicted molar refractivity (Wildman–Crippen MR) is 106 cm³/mol. The summed E-state index contributed by atoms with van der Waals surface area (Å²) in [5, 5.41) is 0. The molecule has 1 fully saturated rings. The standard InChI is InChI=1S/C20H28BrNO6/c1-4-5-6-7-8-9-15-10-11-16(28-15)18(27-14(3)23)13(2)19(24)22-17(21)12-26-20(22)25/h10-11,13,17-18H,4-9,12H2,1-3H3/t13-,17+,18-/m0/s1. The number of halogens is 1. The molecule has 1 aliphatic rings. The molecule has 156 valence electrons. The number of amides is 2. The van der Waals surface area contributed by atoms with E-state index in [9.17, 15) is 14.4 Å². The zero-order valence-corrected chi connectivity index (χ0v) is 18.2. The number of imide groups is 1. The van der Waals surface area contributed by atoms with Gasteiger partial charge in [-0.3, -0.25) is 9.59 Å². The second kappa shape index (κ2) is 10.6. The topological polar surface area (TPSA) is 86.1 Å². The maximum absolute atomic E-state index is 12.8. The van der Waals surface area contributed by atoms with Crippen LogP contribution < -0.4 is 0 Å². The average Bonchev–Trinajstić information content (AvgIpc) is 3.25. The van der Waals surface area contributed by atoms with Crippen molar-refractivity contribution in [3.63, 3.8) is 0 Å². The second-order valence-corrected chi connectivity index (χ2v) is 8.06. The van der Waals surface area contributed by atoms with Gasteiger partial charge in [0.05, 0.1) is 5.92 Å². The molecule has 2 heterocycles. The second-order valence-electron chi connectivity index (χ2n) is 7.01. The Labute approximate surface area is 173 Å². The highest BCUT2D eigenvalue weighted by Gasteiger charge is 2.42. The zero-order valence-electron chi connectivity index (χ0n) is 16.6. The van der Waals surface area contributed by atoms with Crippen LogP contribution in [0, 0.1) is 5.92 Å². The molecule has 0 saturated carbocycles. The summed E-state index contributed by atoms with van der Waals surface area (Å²) in [6, 6.07) is 3.58. The van der Waals surface area contributed by atoms with Crippen molar-refractivity contribution in [2.45, 2.75) is 70.4 Å². The molecule has 8 heteroatoms. The molecular weight excluding hydrogens is 430 g/mol. The van der Waals surface area contributed by atoms with Crippen LogP contribution in [0.3, 0.4) is 0 Å². The minimum Gasteiger partial charge on any atom is -0.462 e. The van der Waals surface area contributed by atoms with Gasteiger partial charge in [0.25, 0.3) is 0 Å². The first-order valence-electron chi connectivity index (χ1n) is 9.74. The van der Waals surface area contributed by atoms with Gasteiger partial charge in [0.1, 0.15) is 23.1 Å². The Morgan fingerprint density at radius 1 is 1.29 bits per heavy atom. The van der Waals surface area contributed by atoms with E-state index in [2.05, 4.69) is 22.9 Å². The number of unbranched alkanes of at least 4 members (excludes halogenated alkanes) is 4. The van der Waals surface area contributed by atoms with Crippen molar-refractivity contribution in [1.29, 1.82) is 0 Å². The van der Waals surface area contributed by atoms with E-state index in [1.54, 1.807) is 13.0 Å². The summed E-state index contributed by atoms with van der Waals surface area (Å²) in [4.78, 5) is 36.7. The molecule has 1 aliphatic heterocycles. The maximum atomic E-state index is 12.8. The molecule has 0 aliphatic carbocycles. The molecule has 2 amide bonds. The number of carbonyl (C=O) groups is 3. The summed E-state index contributed by atoms with van der Waals surface area (Å²) in [6.07, 6.45) is 4.94. The van der Waals surface area contributed by atoms with Gasteiger partial charge in [-0.1, -0.05) is 48.5 Å². The normalized spacial score (nSPS) is 18.6. The minimum absolute atomic E-state index is 0.0818.